The maximum Gasteiger partial charge on any atom is 0.195 e. The zero-order valence-corrected chi connectivity index (χ0v) is 11.5. The van der Waals surface area contributed by atoms with Gasteiger partial charge in [-0.1, -0.05) is 20.8 Å². The first-order chi connectivity index (χ1) is 8.51. The summed E-state index contributed by atoms with van der Waals surface area (Å²) in [4.78, 5) is 4.64. The Morgan fingerprint density at radius 3 is 2.44 bits per heavy atom. The molecule has 1 aromatic heterocycles. The second-order valence-electron chi connectivity index (χ2n) is 6.64. The standard InChI is InChI=1S/C16H21NO/c1-16(2,3)10-15-17-13-8-11-6-4-5-7-12(11)9-14(13)18-15/h8-9H,4-7,10H2,1-3H3. The van der Waals surface area contributed by atoms with Crippen LogP contribution in [0.4, 0.5) is 0 Å². The van der Waals surface area contributed by atoms with E-state index in [0.29, 0.717) is 0 Å². The second kappa shape index (κ2) is 4.11. The van der Waals surface area contributed by atoms with Gasteiger partial charge in [0.15, 0.2) is 11.5 Å². The fraction of sp³-hybridized carbons (Fsp3) is 0.562. The zero-order chi connectivity index (χ0) is 12.8. The average molecular weight is 243 g/mol. The van der Waals surface area contributed by atoms with Crippen LogP contribution in [-0.2, 0) is 19.3 Å². The molecule has 0 fully saturated rings. The molecule has 0 saturated heterocycles. The molecule has 0 saturated carbocycles. The van der Waals surface area contributed by atoms with Gasteiger partial charge in [-0.3, -0.25) is 0 Å². The van der Waals surface area contributed by atoms with E-state index in [-0.39, 0.29) is 5.41 Å². The lowest BCUT2D eigenvalue weighted by atomic mass is 9.91. The summed E-state index contributed by atoms with van der Waals surface area (Å²) >= 11 is 0. The summed E-state index contributed by atoms with van der Waals surface area (Å²) in [5, 5.41) is 0. The van der Waals surface area contributed by atoms with Crippen molar-refractivity contribution < 1.29 is 4.42 Å². The lowest BCUT2D eigenvalue weighted by Crippen LogP contribution is -2.09. The minimum Gasteiger partial charge on any atom is -0.441 e. The van der Waals surface area contributed by atoms with E-state index in [1.54, 1.807) is 0 Å². The van der Waals surface area contributed by atoms with Crippen LogP contribution in [0.15, 0.2) is 16.5 Å². The smallest absolute Gasteiger partial charge is 0.195 e. The van der Waals surface area contributed by atoms with Gasteiger partial charge in [-0.15, -0.1) is 0 Å². The molecule has 1 aliphatic carbocycles. The Kier molecular flexibility index (Phi) is 2.69. The van der Waals surface area contributed by atoms with Crippen LogP contribution >= 0.6 is 0 Å². The van der Waals surface area contributed by atoms with Crippen LogP contribution in [0.2, 0.25) is 0 Å². The fourth-order valence-electron chi connectivity index (χ4n) is 2.73. The molecule has 96 valence electrons. The third-order valence-electron chi connectivity index (χ3n) is 3.58. The van der Waals surface area contributed by atoms with E-state index in [0.717, 1.165) is 23.4 Å². The first kappa shape index (κ1) is 11.8. The van der Waals surface area contributed by atoms with Gasteiger partial charge >= 0.3 is 0 Å². The summed E-state index contributed by atoms with van der Waals surface area (Å²) in [5.74, 6) is 0.875. The number of aryl methyl sites for hydroxylation is 2. The molecule has 0 aliphatic heterocycles. The Labute approximate surface area is 108 Å². The monoisotopic (exact) mass is 243 g/mol. The maximum atomic E-state index is 5.90. The summed E-state index contributed by atoms with van der Waals surface area (Å²) in [6.45, 7) is 6.65. The van der Waals surface area contributed by atoms with E-state index in [1.807, 2.05) is 0 Å². The molecule has 2 aromatic rings. The maximum absolute atomic E-state index is 5.90. The Hall–Kier alpha value is -1.31. The molecule has 3 rings (SSSR count). The molecule has 1 aromatic carbocycles. The molecule has 0 bridgehead atoms. The highest BCUT2D eigenvalue weighted by Crippen LogP contribution is 2.28. The molecular weight excluding hydrogens is 222 g/mol. The SMILES string of the molecule is CC(C)(C)Cc1nc2cc3c(cc2o1)CCCC3. The molecule has 18 heavy (non-hydrogen) atoms. The van der Waals surface area contributed by atoms with E-state index in [2.05, 4.69) is 37.9 Å². The third-order valence-corrected chi connectivity index (χ3v) is 3.58. The predicted octanol–water partition coefficient (Wildman–Crippen LogP) is 4.30. The Morgan fingerprint density at radius 2 is 1.78 bits per heavy atom. The lowest BCUT2D eigenvalue weighted by Gasteiger charge is -2.14. The van der Waals surface area contributed by atoms with Gasteiger partial charge in [0.05, 0.1) is 0 Å². The summed E-state index contributed by atoms with van der Waals surface area (Å²) in [6, 6.07) is 4.45. The van der Waals surface area contributed by atoms with Crippen LogP contribution in [0.3, 0.4) is 0 Å². The highest BCUT2D eigenvalue weighted by Gasteiger charge is 2.18. The van der Waals surface area contributed by atoms with Crippen molar-refractivity contribution in [1.82, 2.24) is 4.98 Å². The Morgan fingerprint density at radius 1 is 1.11 bits per heavy atom. The molecule has 0 atom stereocenters. The molecule has 0 radical (unpaired) electrons. The predicted molar refractivity (Wildman–Crippen MR) is 73.8 cm³/mol. The molecule has 1 aliphatic rings. The topological polar surface area (TPSA) is 26.0 Å². The van der Waals surface area contributed by atoms with Crippen molar-refractivity contribution in [3.8, 4) is 0 Å². The van der Waals surface area contributed by atoms with Crippen LogP contribution < -0.4 is 0 Å². The molecular formula is C16H21NO. The normalized spacial score (nSPS) is 15.9. The van der Waals surface area contributed by atoms with Crippen LogP contribution in [0.5, 0.6) is 0 Å². The molecule has 0 unspecified atom stereocenters. The number of fused-ring (bicyclic) bond motifs is 2. The van der Waals surface area contributed by atoms with Crippen molar-refractivity contribution >= 4 is 11.1 Å². The minimum atomic E-state index is 0.223. The second-order valence-corrected chi connectivity index (χ2v) is 6.64. The third kappa shape index (κ3) is 2.29. The van der Waals surface area contributed by atoms with Crippen LogP contribution in [0.25, 0.3) is 11.1 Å². The first-order valence-electron chi connectivity index (χ1n) is 6.92. The summed E-state index contributed by atoms with van der Waals surface area (Å²) in [6.07, 6.45) is 5.91. The number of rotatable bonds is 1. The van der Waals surface area contributed by atoms with Gasteiger partial charge in [-0.2, -0.15) is 0 Å². The summed E-state index contributed by atoms with van der Waals surface area (Å²) < 4.78 is 5.90. The van der Waals surface area contributed by atoms with Gasteiger partial charge in [0.2, 0.25) is 0 Å². The van der Waals surface area contributed by atoms with E-state index >= 15 is 0 Å². The van der Waals surface area contributed by atoms with Gasteiger partial charge in [-0.05, 0) is 54.4 Å². The van der Waals surface area contributed by atoms with E-state index in [4.69, 9.17) is 4.42 Å². The fourth-order valence-corrected chi connectivity index (χ4v) is 2.73. The molecule has 0 spiro atoms. The van der Waals surface area contributed by atoms with Crippen LogP contribution in [-0.4, -0.2) is 4.98 Å². The van der Waals surface area contributed by atoms with Crippen molar-refractivity contribution in [3.63, 3.8) is 0 Å². The number of oxazole rings is 1. The largest absolute Gasteiger partial charge is 0.441 e. The quantitative estimate of drug-likeness (QED) is 0.746. The summed E-state index contributed by atoms with van der Waals surface area (Å²) in [7, 11) is 0. The Bertz CT molecular complexity index is 532. The van der Waals surface area contributed by atoms with Crippen molar-refractivity contribution in [2.75, 3.05) is 0 Å². The lowest BCUT2D eigenvalue weighted by molar-refractivity contribution is 0.361. The number of benzene rings is 1. The Balaban J connectivity index is 2.01. The summed E-state index contributed by atoms with van der Waals surface area (Å²) in [5.41, 5.74) is 5.17. The van der Waals surface area contributed by atoms with Gasteiger partial charge in [0.25, 0.3) is 0 Å². The molecule has 0 amide bonds. The van der Waals surface area contributed by atoms with E-state index in [9.17, 15) is 0 Å². The number of nitrogens with zero attached hydrogens (tertiary/aromatic N) is 1. The van der Waals surface area contributed by atoms with Gasteiger partial charge in [0.1, 0.15) is 5.52 Å². The number of hydrogen-bond donors (Lipinski definition) is 0. The molecule has 2 nitrogen and oxygen atoms in total. The molecule has 0 N–H and O–H groups in total. The number of aromatic nitrogens is 1. The van der Waals surface area contributed by atoms with Crippen LogP contribution in [0.1, 0.15) is 50.6 Å². The highest BCUT2D eigenvalue weighted by atomic mass is 16.3. The minimum absolute atomic E-state index is 0.223. The van der Waals surface area contributed by atoms with E-state index in [1.165, 1.54) is 36.8 Å². The number of hydrogen-bond acceptors (Lipinski definition) is 2. The molecule has 2 heteroatoms. The molecule has 1 heterocycles. The van der Waals surface area contributed by atoms with Crippen molar-refractivity contribution in [2.24, 2.45) is 5.41 Å². The highest BCUT2D eigenvalue weighted by molar-refractivity contribution is 5.75. The average Bonchev–Trinajstić information content (AvgIpc) is 2.63. The van der Waals surface area contributed by atoms with Gasteiger partial charge in [0, 0.05) is 6.42 Å². The van der Waals surface area contributed by atoms with E-state index < -0.39 is 0 Å². The first-order valence-corrected chi connectivity index (χ1v) is 6.92. The van der Waals surface area contributed by atoms with Gasteiger partial charge < -0.3 is 4.42 Å². The van der Waals surface area contributed by atoms with Crippen molar-refractivity contribution in [1.29, 1.82) is 0 Å². The van der Waals surface area contributed by atoms with Crippen molar-refractivity contribution in [3.05, 3.63) is 29.2 Å². The van der Waals surface area contributed by atoms with Crippen LogP contribution in [0, 0.1) is 5.41 Å². The van der Waals surface area contributed by atoms with Crippen molar-refractivity contribution in [2.45, 2.75) is 52.9 Å². The van der Waals surface area contributed by atoms with Gasteiger partial charge in [-0.25, -0.2) is 4.98 Å². The zero-order valence-electron chi connectivity index (χ0n) is 11.5.